The van der Waals surface area contributed by atoms with E-state index < -0.39 is 0 Å². The molecule has 0 bridgehead atoms. The van der Waals surface area contributed by atoms with Gasteiger partial charge in [0.15, 0.2) is 0 Å². The summed E-state index contributed by atoms with van der Waals surface area (Å²) in [6.07, 6.45) is 9.19. The third kappa shape index (κ3) is 3.07. The second-order valence-corrected chi connectivity index (χ2v) is 7.29. The van der Waals surface area contributed by atoms with E-state index in [1.165, 1.54) is 42.5 Å². The Bertz CT molecular complexity index is 567. The highest BCUT2D eigenvalue weighted by molar-refractivity contribution is 7.12. The highest BCUT2D eigenvalue weighted by Crippen LogP contribution is 2.36. The van der Waals surface area contributed by atoms with E-state index in [1.807, 2.05) is 23.6 Å². The van der Waals surface area contributed by atoms with Crippen LogP contribution in [0.5, 0.6) is 0 Å². The zero-order valence-electron chi connectivity index (χ0n) is 11.9. The van der Waals surface area contributed by atoms with E-state index in [1.54, 1.807) is 10.4 Å². The number of aryl methyl sites for hydroxylation is 3. The summed E-state index contributed by atoms with van der Waals surface area (Å²) in [6, 6.07) is 6.44. The monoisotopic (exact) mass is 305 g/mol. The first-order valence-corrected chi connectivity index (χ1v) is 8.65. The topological polar surface area (TPSA) is 12.9 Å². The number of nitrogens with zero attached hydrogens (tertiary/aromatic N) is 1. The van der Waals surface area contributed by atoms with Crippen molar-refractivity contribution in [3.05, 3.63) is 51.0 Å². The fourth-order valence-electron chi connectivity index (χ4n) is 2.85. The van der Waals surface area contributed by atoms with Crippen molar-refractivity contribution < 1.29 is 0 Å². The summed E-state index contributed by atoms with van der Waals surface area (Å²) < 4.78 is 0. The first kappa shape index (κ1) is 14.1. The molecule has 0 amide bonds. The lowest BCUT2D eigenvalue weighted by atomic mass is 10.1. The van der Waals surface area contributed by atoms with Crippen LogP contribution in [0.4, 0.5) is 0 Å². The van der Waals surface area contributed by atoms with Crippen LogP contribution in [0.2, 0.25) is 0 Å². The molecule has 3 rings (SSSR count). The number of rotatable bonds is 3. The molecule has 0 saturated heterocycles. The summed E-state index contributed by atoms with van der Waals surface area (Å²) in [7, 11) is 0. The minimum Gasteiger partial charge on any atom is -0.261 e. The average Bonchev–Trinajstić information content (AvgIpc) is 2.73. The Kier molecular flexibility index (Phi) is 4.42. The van der Waals surface area contributed by atoms with Crippen molar-refractivity contribution in [1.29, 1.82) is 0 Å². The predicted octanol–water partition coefficient (Wildman–Crippen LogP) is 5.24. The molecule has 0 aromatic carbocycles. The number of hydrogen-bond donors (Lipinski definition) is 0. The van der Waals surface area contributed by atoms with E-state index in [-0.39, 0.29) is 5.38 Å². The molecule has 20 heavy (non-hydrogen) atoms. The summed E-state index contributed by atoms with van der Waals surface area (Å²) in [4.78, 5) is 7.35. The molecular formula is C17H20ClNS. The maximum atomic E-state index is 6.64. The van der Waals surface area contributed by atoms with Crippen LogP contribution in [0, 0.1) is 6.92 Å². The maximum Gasteiger partial charge on any atom is 0.0734 e. The minimum atomic E-state index is 0.0560. The van der Waals surface area contributed by atoms with Crippen molar-refractivity contribution in [2.45, 2.75) is 50.8 Å². The van der Waals surface area contributed by atoms with Gasteiger partial charge in [-0.15, -0.1) is 22.9 Å². The Hall–Kier alpha value is -0.860. The van der Waals surface area contributed by atoms with Crippen LogP contribution in [-0.4, -0.2) is 4.98 Å². The molecule has 1 aliphatic rings. The van der Waals surface area contributed by atoms with Crippen LogP contribution in [0.15, 0.2) is 24.4 Å². The van der Waals surface area contributed by atoms with E-state index in [0.29, 0.717) is 0 Å². The average molecular weight is 306 g/mol. The van der Waals surface area contributed by atoms with Crippen molar-refractivity contribution in [1.82, 2.24) is 4.98 Å². The van der Waals surface area contributed by atoms with Gasteiger partial charge in [-0.1, -0.05) is 12.5 Å². The molecule has 1 unspecified atom stereocenters. The van der Waals surface area contributed by atoms with Gasteiger partial charge in [-0.3, -0.25) is 4.98 Å². The fourth-order valence-corrected chi connectivity index (χ4v) is 4.43. The van der Waals surface area contributed by atoms with Crippen LogP contribution >= 0.6 is 22.9 Å². The Morgan fingerprint density at radius 3 is 3.00 bits per heavy atom. The molecule has 106 valence electrons. The van der Waals surface area contributed by atoms with Crippen LogP contribution in [-0.2, 0) is 19.3 Å². The third-order valence-corrected chi connectivity index (χ3v) is 5.93. The van der Waals surface area contributed by atoms with Crippen molar-refractivity contribution >= 4 is 22.9 Å². The Morgan fingerprint density at radius 2 is 2.15 bits per heavy atom. The first-order chi connectivity index (χ1) is 9.74. The molecule has 0 radical (unpaired) electrons. The highest BCUT2D eigenvalue weighted by Gasteiger charge is 2.18. The number of alkyl halides is 1. The van der Waals surface area contributed by atoms with Crippen LogP contribution in [0.3, 0.4) is 0 Å². The number of pyridine rings is 1. The largest absolute Gasteiger partial charge is 0.261 e. The zero-order chi connectivity index (χ0) is 13.9. The molecule has 0 aliphatic heterocycles. The zero-order valence-corrected chi connectivity index (χ0v) is 13.4. The smallest absolute Gasteiger partial charge is 0.0734 e. The van der Waals surface area contributed by atoms with Gasteiger partial charge in [-0.25, -0.2) is 0 Å². The number of fused-ring (bicyclic) bond motifs is 1. The Morgan fingerprint density at radius 1 is 1.30 bits per heavy atom. The highest BCUT2D eigenvalue weighted by atomic mass is 35.5. The number of thiophene rings is 1. The fraction of sp³-hybridized carbons (Fsp3) is 0.471. The van der Waals surface area contributed by atoms with Crippen molar-refractivity contribution in [3.8, 4) is 0 Å². The van der Waals surface area contributed by atoms with Gasteiger partial charge in [-0.05, 0) is 55.9 Å². The quantitative estimate of drug-likeness (QED) is 0.558. The minimum absolute atomic E-state index is 0.0560. The summed E-state index contributed by atoms with van der Waals surface area (Å²) >= 11 is 8.57. The standard InChI is InChI=1S/C17H20ClNS/c1-12-6-5-9-19-15(12)11-14(18)17-10-13-7-3-2-4-8-16(13)20-17/h5-6,9-10,14H,2-4,7-8,11H2,1H3. The second kappa shape index (κ2) is 6.28. The van der Waals surface area contributed by atoms with Crippen molar-refractivity contribution in [2.75, 3.05) is 0 Å². The second-order valence-electron chi connectivity index (χ2n) is 5.60. The van der Waals surface area contributed by atoms with Gasteiger partial charge in [0.1, 0.15) is 0 Å². The van der Waals surface area contributed by atoms with Crippen LogP contribution in [0.1, 0.15) is 51.2 Å². The molecule has 2 aromatic rings. The molecule has 1 atom stereocenters. The van der Waals surface area contributed by atoms with Crippen LogP contribution in [0.25, 0.3) is 0 Å². The molecular weight excluding hydrogens is 286 g/mol. The van der Waals surface area contributed by atoms with Gasteiger partial charge in [0.25, 0.3) is 0 Å². The van der Waals surface area contributed by atoms with Gasteiger partial charge >= 0.3 is 0 Å². The number of halogens is 1. The van der Waals surface area contributed by atoms with E-state index >= 15 is 0 Å². The van der Waals surface area contributed by atoms with Crippen LogP contribution < -0.4 is 0 Å². The molecule has 0 N–H and O–H groups in total. The lowest BCUT2D eigenvalue weighted by Crippen LogP contribution is -1.98. The molecule has 2 aromatic heterocycles. The third-order valence-electron chi connectivity index (χ3n) is 4.06. The van der Waals surface area contributed by atoms with E-state index in [9.17, 15) is 0 Å². The SMILES string of the molecule is Cc1cccnc1CC(Cl)c1cc2c(s1)CCCCC2. The van der Waals surface area contributed by atoms with Gasteiger partial charge in [-0.2, -0.15) is 0 Å². The van der Waals surface area contributed by atoms with E-state index in [2.05, 4.69) is 24.0 Å². The lowest BCUT2D eigenvalue weighted by molar-refractivity contribution is 0.712. The Balaban J connectivity index is 1.77. The normalized spacial score (nSPS) is 16.5. The first-order valence-electron chi connectivity index (χ1n) is 7.40. The summed E-state index contributed by atoms with van der Waals surface area (Å²) in [6.45, 7) is 2.11. The molecule has 1 aliphatic carbocycles. The molecule has 3 heteroatoms. The molecule has 0 fully saturated rings. The molecule has 1 nitrogen and oxygen atoms in total. The van der Waals surface area contributed by atoms with Gasteiger partial charge < -0.3 is 0 Å². The predicted molar refractivity (Wildman–Crippen MR) is 86.9 cm³/mol. The number of aromatic nitrogens is 1. The summed E-state index contributed by atoms with van der Waals surface area (Å²) in [5.74, 6) is 0. The maximum absolute atomic E-state index is 6.64. The molecule has 2 heterocycles. The number of hydrogen-bond acceptors (Lipinski definition) is 2. The van der Waals surface area contributed by atoms with E-state index in [4.69, 9.17) is 11.6 Å². The molecule has 0 saturated carbocycles. The lowest BCUT2D eigenvalue weighted by Gasteiger charge is -2.09. The molecule has 0 spiro atoms. The Labute approximate surface area is 130 Å². The summed E-state index contributed by atoms with van der Waals surface area (Å²) in [5, 5.41) is 0.0560. The van der Waals surface area contributed by atoms with Gasteiger partial charge in [0.05, 0.1) is 5.38 Å². The van der Waals surface area contributed by atoms with Crippen molar-refractivity contribution in [3.63, 3.8) is 0 Å². The van der Waals surface area contributed by atoms with Gasteiger partial charge in [0, 0.05) is 28.1 Å². The van der Waals surface area contributed by atoms with Gasteiger partial charge in [0.2, 0.25) is 0 Å². The van der Waals surface area contributed by atoms with E-state index in [0.717, 1.165) is 12.1 Å². The van der Waals surface area contributed by atoms with Crippen molar-refractivity contribution in [2.24, 2.45) is 0 Å². The summed E-state index contributed by atoms with van der Waals surface area (Å²) in [5.41, 5.74) is 3.90.